The van der Waals surface area contributed by atoms with Gasteiger partial charge in [0.15, 0.2) is 0 Å². The van der Waals surface area contributed by atoms with E-state index >= 15 is 0 Å². The molecule has 0 unspecified atom stereocenters. The molecule has 0 aliphatic rings. The molecule has 3 rings (SSSR count). The van der Waals surface area contributed by atoms with Crippen molar-refractivity contribution in [1.82, 2.24) is 5.16 Å². The number of rotatable bonds is 2. The summed E-state index contributed by atoms with van der Waals surface area (Å²) < 4.78 is 19.3. The zero-order chi connectivity index (χ0) is 15.1. The minimum atomic E-state index is -0.570. The van der Waals surface area contributed by atoms with Crippen LogP contribution in [0.5, 0.6) is 0 Å². The molecule has 7 heteroatoms. The van der Waals surface area contributed by atoms with E-state index in [0.29, 0.717) is 21.2 Å². The number of hydrogen-bond donors (Lipinski definition) is 1. The number of nitrogens with zero attached hydrogens (tertiary/aromatic N) is 1. The van der Waals surface area contributed by atoms with Crippen molar-refractivity contribution in [3.63, 3.8) is 0 Å². The van der Waals surface area contributed by atoms with Crippen molar-refractivity contribution < 1.29 is 8.91 Å². The molecule has 1 aromatic carbocycles. The quantitative estimate of drug-likeness (QED) is 0.677. The number of nitrogen functional groups attached to an aromatic ring is 1. The molecular weight excluding hydrogens is 334 g/mol. The standard InChI is InChI=1S/C14H9Cl2FN2OS/c1-6-5-21-13(10(6)16)12-9(14(18)20-19-12)7-3-2-4-8(15)11(7)17/h2-5H,18H2,1H3. The van der Waals surface area contributed by atoms with Crippen LogP contribution < -0.4 is 5.73 Å². The number of aromatic nitrogens is 1. The summed E-state index contributed by atoms with van der Waals surface area (Å²) in [6.07, 6.45) is 0. The summed E-state index contributed by atoms with van der Waals surface area (Å²) in [6, 6.07) is 4.67. The molecule has 2 aromatic heterocycles. The highest BCUT2D eigenvalue weighted by Gasteiger charge is 2.24. The summed E-state index contributed by atoms with van der Waals surface area (Å²) in [5.74, 6) is -0.548. The normalized spacial score (nSPS) is 11.0. The molecule has 0 radical (unpaired) electrons. The highest BCUT2D eigenvalue weighted by molar-refractivity contribution is 7.14. The first-order chi connectivity index (χ1) is 10.0. The number of benzene rings is 1. The molecule has 3 nitrogen and oxygen atoms in total. The zero-order valence-electron chi connectivity index (χ0n) is 10.8. The van der Waals surface area contributed by atoms with Crippen LogP contribution in [0.3, 0.4) is 0 Å². The first-order valence-electron chi connectivity index (χ1n) is 5.94. The molecule has 2 heterocycles. The number of aryl methyl sites for hydroxylation is 1. The van der Waals surface area contributed by atoms with Gasteiger partial charge in [-0.3, -0.25) is 0 Å². The van der Waals surface area contributed by atoms with Gasteiger partial charge in [-0.25, -0.2) is 4.39 Å². The fourth-order valence-electron chi connectivity index (χ4n) is 2.00. The Labute approximate surface area is 134 Å². The van der Waals surface area contributed by atoms with Crippen LogP contribution in [-0.4, -0.2) is 5.16 Å². The molecule has 0 aliphatic heterocycles. The molecule has 0 amide bonds. The van der Waals surface area contributed by atoms with E-state index in [1.807, 2.05) is 12.3 Å². The number of halogens is 3. The maximum atomic E-state index is 14.3. The van der Waals surface area contributed by atoms with E-state index in [1.165, 1.54) is 17.4 Å². The molecular formula is C14H9Cl2FN2OS. The SMILES string of the molecule is Cc1csc(-c2noc(N)c2-c2cccc(Cl)c2F)c1Cl. The summed E-state index contributed by atoms with van der Waals surface area (Å²) in [4.78, 5) is 0.684. The summed E-state index contributed by atoms with van der Waals surface area (Å²) in [7, 11) is 0. The second-order valence-electron chi connectivity index (χ2n) is 4.43. The minimum Gasteiger partial charge on any atom is -0.367 e. The molecule has 0 saturated heterocycles. The summed E-state index contributed by atoms with van der Waals surface area (Å²) in [5, 5.41) is 6.37. The average molecular weight is 343 g/mol. The Morgan fingerprint density at radius 2 is 2.10 bits per heavy atom. The van der Waals surface area contributed by atoms with Gasteiger partial charge in [0.05, 0.1) is 20.5 Å². The van der Waals surface area contributed by atoms with Gasteiger partial charge in [0.2, 0.25) is 5.88 Å². The molecule has 0 bridgehead atoms. The van der Waals surface area contributed by atoms with Crippen molar-refractivity contribution in [2.24, 2.45) is 0 Å². The highest BCUT2D eigenvalue weighted by atomic mass is 35.5. The van der Waals surface area contributed by atoms with Gasteiger partial charge in [-0.1, -0.05) is 40.5 Å². The van der Waals surface area contributed by atoms with Crippen molar-refractivity contribution in [2.45, 2.75) is 6.92 Å². The Balaban J connectivity index is 2.27. The van der Waals surface area contributed by atoms with Gasteiger partial charge in [0.25, 0.3) is 0 Å². The van der Waals surface area contributed by atoms with E-state index in [1.54, 1.807) is 12.1 Å². The largest absolute Gasteiger partial charge is 0.367 e. The average Bonchev–Trinajstić information content (AvgIpc) is 2.98. The molecule has 0 aliphatic carbocycles. The van der Waals surface area contributed by atoms with Gasteiger partial charge in [-0.2, -0.15) is 0 Å². The van der Waals surface area contributed by atoms with Crippen LogP contribution in [0.15, 0.2) is 28.1 Å². The van der Waals surface area contributed by atoms with Crippen LogP contribution in [0.1, 0.15) is 5.56 Å². The van der Waals surface area contributed by atoms with Gasteiger partial charge in [-0.15, -0.1) is 11.3 Å². The van der Waals surface area contributed by atoms with Crippen LogP contribution in [0.4, 0.5) is 10.3 Å². The van der Waals surface area contributed by atoms with Gasteiger partial charge in [-0.05, 0) is 23.9 Å². The van der Waals surface area contributed by atoms with E-state index in [2.05, 4.69) is 5.16 Å². The lowest BCUT2D eigenvalue weighted by Crippen LogP contribution is -1.91. The fraction of sp³-hybridized carbons (Fsp3) is 0.0714. The fourth-order valence-corrected chi connectivity index (χ4v) is 3.45. The molecule has 2 N–H and O–H groups in total. The Hall–Kier alpha value is -1.56. The molecule has 21 heavy (non-hydrogen) atoms. The van der Waals surface area contributed by atoms with E-state index < -0.39 is 5.82 Å². The lowest BCUT2D eigenvalue weighted by Gasteiger charge is -2.05. The molecule has 0 saturated carbocycles. The number of nitrogens with two attached hydrogens (primary N) is 1. The predicted octanol–water partition coefficient (Wildman–Crippen LogP) is 5.41. The Kier molecular flexibility index (Phi) is 3.65. The van der Waals surface area contributed by atoms with Crippen LogP contribution in [0.2, 0.25) is 10.0 Å². The highest BCUT2D eigenvalue weighted by Crippen LogP contribution is 2.44. The Morgan fingerprint density at radius 3 is 2.76 bits per heavy atom. The Morgan fingerprint density at radius 1 is 1.33 bits per heavy atom. The lowest BCUT2D eigenvalue weighted by molar-refractivity contribution is 0.439. The van der Waals surface area contributed by atoms with Crippen LogP contribution >= 0.6 is 34.5 Å². The summed E-state index contributed by atoms with van der Waals surface area (Å²) in [5.41, 5.74) is 7.73. The third-order valence-corrected chi connectivity index (χ3v) is 5.05. The van der Waals surface area contributed by atoms with Gasteiger partial charge in [0, 0.05) is 5.56 Å². The smallest absolute Gasteiger partial charge is 0.230 e. The first kappa shape index (κ1) is 14.4. The van der Waals surface area contributed by atoms with Gasteiger partial charge in [0.1, 0.15) is 11.5 Å². The second-order valence-corrected chi connectivity index (χ2v) is 6.10. The summed E-state index contributed by atoms with van der Waals surface area (Å²) in [6.45, 7) is 1.88. The van der Waals surface area contributed by atoms with Crippen LogP contribution in [0, 0.1) is 12.7 Å². The maximum absolute atomic E-state index is 14.3. The molecule has 0 spiro atoms. The molecule has 108 valence electrons. The van der Waals surface area contributed by atoms with Crippen molar-refractivity contribution in [3.8, 4) is 21.7 Å². The number of hydrogen-bond acceptors (Lipinski definition) is 4. The predicted molar refractivity (Wildman–Crippen MR) is 84.4 cm³/mol. The van der Waals surface area contributed by atoms with E-state index in [0.717, 1.165) is 5.56 Å². The maximum Gasteiger partial charge on any atom is 0.230 e. The second kappa shape index (κ2) is 5.33. The Bertz CT molecular complexity index is 828. The van der Waals surface area contributed by atoms with Crippen molar-refractivity contribution in [2.75, 3.05) is 5.73 Å². The summed E-state index contributed by atoms with van der Waals surface area (Å²) >= 11 is 13.5. The number of thiophene rings is 1. The topological polar surface area (TPSA) is 52.0 Å². The van der Waals surface area contributed by atoms with Crippen LogP contribution in [-0.2, 0) is 0 Å². The van der Waals surface area contributed by atoms with Gasteiger partial charge >= 0.3 is 0 Å². The third-order valence-electron chi connectivity index (χ3n) is 3.05. The molecule has 0 atom stereocenters. The molecule has 3 aromatic rings. The monoisotopic (exact) mass is 342 g/mol. The lowest BCUT2D eigenvalue weighted by atomic mass is 10.0. The zero-order valence-corrected chi connectivity index (χ0v) is 13.1. The van der Waals surface area contributed by atoms with E-state index in [4.69, 9.17) is 33.5 Å². The number of anilines is 1. The van der Waals surface area contributed by atoms with Gasteiger partial charge < -0.3 is 10.3 Å². The first-order valence-corrected chi connectivity index (χ1v) is 7.57. The minimum absolute atomic E-state index is 0.00695. The van der Waals surface area contributed by atoms with Crippen molar-refractivity contribution in [1.29, 1.82) is 0 Å². The van der Waals surface area contributed by atoms with E-state index in [9.17, 15) is 4.39 Å². The van der Waals surface area contributed by atoms with Crippen molar-refractivity contribution >= 4 is 40.4 Å². The van der Waals surface area contributed by atoms with E-state index in [-0.39, 0.29) is 16.5 Å². The molecule has 0 fully saturated rings. The van der Waals surface area contributed by atoms with Crippen LogP contribution in [0.25, 0.3) is 21.7 Å². The third kappa shape index (κ3) is 2.31. The van der Waals surface area contributed by atoms with Crippen molar-refractivity contribution in [3.05, 3.63) is 45.0 Å².